The van der Waals surface area contributed by atoms with Gasteiger partial charge in [0.2, 0.25) is 0 Å². The first kappa shape index (κ1) is 22.2. The number of hydrogen-bond acceptors (Lipinski definition) is 7. The maximum Gasteiger partial charge on any atom is 0.311 e. The van der Waals surface area contributed by atoms with Gasteiger partial charge in [-0.05, 0) is 31.2 Å². The Morgan fingerprint density at radius 1 is 1.16 bits per heavy atom. The molecule has 11 heteroatoms. The number of hydrogen-bond donors (Lipinski definition) is 2. The summed E-state index contributed by atoms with van der Waals surface area (Å²) in [4.78, 5) is 47.5. The molecule has 0 aliphatic rings. The summed E-state index contributed by atoms with van der Waals surface area (Å²) in [5, 5.41) is 17.7. The Bertz CT molecular complexity index is 1240. The average molecular weight is 437 g/mol. The van der Waals surface area contributed by atoms with E-state index in [1.54, 1.807) is 30.3 Å². The van der Waals surface area contributed by atoms with E-state index in [-0.39, 0.29) is 29.1 Å². The molecule has 3 aromatic rings. The molecular formula is C21H19N5O6. The minimum atomic E-state index is -0.593. The Morgan fingerprint density at radius 3 is 2.41 bits per heavy atom. The van der Waals surface area contributed by atoms with Gasteiger partial charge in [0, 0.05) is 17.7 Å². The molecule has 32 heavy (non-hydrogen) atoms. The van der Waals surface area contributed by atoms with Crippen molar-refractivity contribution < 1.29 is 19.2 Å². The molecule has 3 rings (SSSR count). The van der Waals surface area contributed by atoms with Gasteiger partial charge in [-0.2, -0.15) is 5.10 Å². The number of nitro groups is 1. The predicted molar refractivity (Wildman–Crippen MR) is 115 cm³/mol. The van der Waals surface area contributed by atoms with Gasteiger partial charge in [0.1, 0.15) is 0 Å². The van der Waals surface area contributed by atoms with E-state index in [4.69, 9.17) is 0 Å². The molecular weight excluding hydrogens is 418 g/mol. The van der Waals surface area contributed by atoms with Crippen LogP contribution in [-0.4, -0.2) is 39.4 Å². The highest BCUT2D eigenvalue weighted by molar-refractivity contribution is 6.02. The van der Waals surface area contributed by atoms with Crippen LogP contribution in [0.1, 0.15) is 28.5 Å². The number of amides is 1. The van der Waals surface area contributed by atoms with Gasteiger partial charge >= 0.3 is 5.97 Å². The second kappa shape index (κ2) is 9.51. The monoisotopic (exact) mass is 437 g/mol. The van der Waals surface area contributed by atoms with Gasteiger partial charge in [0.15, 0.2) is 0 Å². The number of aromatic amines is 1. The van der Waals surface area contributed by atoms with Crippen molar-refractivity contribution in [1.29, 1.82) is 0 Å². The summed E-state index contributed by atoms with van der Waals surface area (Å²) < 4.78 is 5.82. The molecule has 0 saturated heterocycles. The van der Waals surface area contributed by atoms with Crippen molar-refractivity contribution in [3.8, 4) is 5.69 Å². The van der Waals surface area contributed by atoms with Gasteiger partial charge in [-0.3, -0.25) is 29.6 Å². The molecule has 1 aromatic heterocycles. The van der Waals surface area contributed by atoms with Crippen molar-refractivity contribution in [2.24, 2.45) is 5.10 Å². The maximum absolute atomic E-state index is 13.1. The van der Waals surface area contributed by atoms with Gasteiger partial charge in [-0.25, -0.2) is 10.1 Å². The molecule has 0 bridgehead atoms. The van der Waals surface area contributed by atoms with E-state index in [2.05, 4.69) is 20.4 Å². The first-order valence-corrected chi connectivity index (χ1v) is 9.37. The van der Waals surface area contributed by atoms with E-state index in [0.717, 1.165) is 4.68 Å². The van der Waals surface area contributed by atoms with Gasteiger partial charge in [0.05, 0.1) is 41.1 Å². The smallest absolute Gasteiger partial charge is 0.311 e. The number of hydrazone groups is 1. The van der Waals surface area contributed by atoms with Crippen molar-refractivity contribution in [3.63, 3.8) is 0 Å². The lowest BCUT2D eigenvalue weighted by molar-refractivity contribution is -0.384. The quantitative estimate of drug-likeness (QED) is 0.250. The minimum absolute atomic E-state index is 0.0714. The van der Waals surface area contributed by atoms with Crippen molar-refractivity contribution >= 4 is 23.3 Å². The van der Waals surface area contributed by atoms with Crippen LogP contribution in [0, 0.1) is 10.1 Å². The Labute approximate surface area is 181 Å². The summed E-state index contributed by atoms with van der Waals surface area (Å²) >= 11 is 0. The number of methoxy groups -OCH3 is 1. The number of nitro benzene ring substituents is 1. The number of aromatic nitrogens is 2. The number of carbonyl (C=O) groups excluding carboxylic acids is 2. The second-order valence-corrected chi connectivity index (χ2v) is 6.64. The molecule has 0 fully saturated rings. The number of nitrogens with one attached hydrogen (secondary N) is 2. The van der Waals surface area contributed by atoms with Gasteiger partial charge in [-0.1, -0.05) is 18.2 Å². The van der Waals surface area contributed by atoms with Crippen LogP contribution in [0.4, 0.5) is 5.69 Å². The molecule has 164 valence electrons. The fourth-order valence-corrected chi connectivity index (χ4v) is 2.95. The zero-order valence-corrected chi connectivity index (χ0v) is 17.2. The summed E-state index contributed by atoms with van der Waals surface area (Å²) in [5.41, 5.74) is 2.86. The van der Waals surface area contributed by atoms with Crippen LogP contribution in [0.5, 0.6) is 0 Å². The van der Waals surface area contributed by atoms with Gasteiger partial charge in [0.25, 0.3) is 17.2 Å². The highest BCUT2D eigenvalue weighted by atomic mass is 16.6. The number of non-ortho nitro benzene ring substituents is 1. The lowest BCUT2D eigenvalue weighted by Gasteiger charge is -2.03. The van der Waals surface area contributed by atoms with Crippen molar-refractivity contribution in [3.05, 3.63) is 91.9 Å². The molecule has 2 aromatic carbocycles. The highest BCUT2D eigenvalue weighted by Crippen LogP contribution is 2.15. The predicted octanol–water partition coefficient (Wildman–Crippen LogP) is 1.94. The van der Waals surface area contributed by atoms with Crippen LogP contribution in [0.25, 0.3) is 5.69 Å². The summed E-state index contributed by atoms with van der Waals surface area (Å²) in [5.74, 6) is -1.06. The number of esters is 1. The van der Waals surface area contributed by atoms with Crippen molar-refractivity contribution in [1.82, 2.24) is 15.2 Å². The summed E-state index contributed by atoms with van der Waals surface area (Å²) in [7, 11) is 1.22. The van der Waals surface area contributed by atoms with Crippen LogP contribution in [0.2, 0.25) is 0 Å². The number of rotatable bonds is 7. The number of H-pyrrole nitrogens is 1. The van der Waals surface area contributed by atoms with Gasteiger partial charge < -0.3 is 4.74 Å². The van der Waals surface area contributed by atoms with Gasteiger partial charge in [-0.15, -0.1) is 0 Å². The number of nitrogens with zero attached hydrogens (tertiary/aromatic N) is 3. The molecule has 0 atom stereocenters. The molecule has 0 saturated carbocycles. The molecule has 1 amide bonds. The third-order valence-electron chi connectivity index (χ3n) is 4.56. The zero-order valence-electron chi connectivity index (χ0n) is 17.2. The standard InChI is InChI=1S/C21H19N5O6/c1-13(22-23-20(28)14-6-4-3-5-7-14)19-17(12-18(27)32-2)24-25(21(19)29)15-8-10-16(11-9-15)26(30)31/h3-11,24H,12H2,1-2H3,(H,23,28). The van der Waals surface area contributed by atoms with Crippen molar-refractivity contribution in [2.75, 3.05) is 7.11 Å². The Balaban J connectivity index is 1.99. The largest absolute Gasteiger partial charge is 0.469 e. The SMILES string of the molecule is COC(=O)Cc1[nH]n(-c2ccc([N+](=O)[O-])cc2)c(=O)c1C(C)=NNC(=O)c1ccccc1. The molecule has 11 nitrogen and oxygen atoms in total. The molecule has 0 spiro atoms. The topological polar surface area (TPSA) is 149 Å². The summed E-state index contributed by atoms with van der Waals surface area (Å²) in [6, 6.07) is 13.7. The van der Waals surface area contributed by atoms with Crippen LogP contribution in [0.15, 0.2) is 64.5 Å². The molecule has 2 N–H and O–H groups in total. The highest BCUT2D eigenvalue weighted by Gasteiger charge is 2.21. The van der Waals surface area contributed by atoms with E-state index >= 15 is 0 Å². The van der Waals surface area contributed by atoms with Crippen LogP contribution in [0.3, 0.4) is 0 Å². The molecule has 0 aliphatic heterocycles. The zero-order chi connectivity index (χ0) is 23.3. The van der Waals surface area contributed by atoms with E-state index in [9.17, 15) is 24.5 Å². The van der Waals surface area contributed by atoms with E-state index < -0.39 is 22.4 Å². The van der Waals surface area contributed by atoms with Crippen molar-refractivity contribution in [2.45, 2.75) is 13.3 Å². The first-order valence-electron chi connectivity index (χ1n) is 9.37. The van der Waals surface area contributed by atoms with Crippen LogP contribution in [-0.2, 0) is 16.0 Å². The first-order chi connectivity index (χ1) is 15.3. The van der Waals surface area contributed by atoms with E-state index in [0.29, 0.717) is 11.3 Å². The normalized spacial score (nSPS) is 11.1. The fourth-order valence-electron chi connectivity index (χ4n) is 2.95. The Kier molecular flexibility index (Phi) is 6.59. The van der Waals surface area contributed by atoms with Crippen LogP contribution >= 0.6 is 0 Å². The molecule has 0 aliphatic carbocycles. The minimum Gasteiger partial charge on any atom is -0.469 e. The Morgan fingerprint density at radius 2 is 1.81 bits per heavy atom. The number of benzene rings is 2. The second-order valence-electron chi connectivity index (χ2n) is 6.64. The number of carbonyl (C=O) groups is 2. The third kappa shape index (κ3) is 4.78. The Hall–Kier alpha value is -4.54. The average Bonchev–Trinajstić information content (AvgIpc) is 3.13. The van der Waals surface area contributed by atoms with E-state index in [1.165, 1.54) is 38.3 Å². The van der Waals surface area contributed by atoms with Crippen LogP contribution < -0.4 is 11.0 Å². The molecule has 1 heterocycles. The third-order valence-corrected chi connectivity index (χ3v) is 4.56. The van der Waals surface area contributed by atoms with E-state index in [1.807, 2.05) is 0 Å². The lowest BCUT2D eigenvalue weighted by atomic mass is 10.1. The summed E-state index contributed by atoms with van der Waals surface area (Å²) in [6.45, 7) is 1.51. The summed E-state index contributed by atoms with van der Waals surface area (Å²) in [6.07, 6.45) is -0.249. The molecule has 0 radical (unpaired) electrons. The molecule has 0 unspecified atom stereocenters. The number of ether oxygens (including phenoxy) is 1. The maximum atomic E-state index is 13.1. The lowest BCUT2D eigenvalue weighted by Crippen LogP contribution is -2.23. The fraction of sp³-hybridized carbons (Fsp3) is 0.143.